The molecule has 3 N–H and O–H groups in total. The molecule has 3 unspecified atom stereocenters. The van der Waals surface area contributed by atoms with E-state index in [1.807, 2.05) is 12.1 Å². The van der Waals surface area contributed by atoms with Crippen LogP contribution in [0.1, 0.15) is 44.1 Å². The molecule has 4 aliphatic rings. The zero-order chi connectivity index (χ0) is 21.9. The number of nitrogens with one attached hydrogen (secondary N) is 1. The SMILES string of the molecule is Nc1cc(CN2CCC(C(=O)N3CCC(NC4CCC5C=CC=CC54)CC3)CC2)ccn1. The number of anilines is 1. The molecular weight excluding hydrogens is 398 g/mol. The van der Waals surface area contributed by atoms with E-state index >= 15 is 0 Å². The van der Waals surface area contributed by atoms with Crippen LogP contribution in [0.5, 0.6) is 0 Å². The van der Waals surface area contributed by atoms with Gasteiger partial charge in [-0.25, -0.2) is 4.98 Å². The molecule has 3 heterocycles. The van der Waals surface area contributed by atoms with Gasteiger partial charge in [0.05, 0.1) is 0 Å². The number of nitrogen functional groups attached to an aromatic ring is 1. The van der Waals surface area contributed by atoms with E-state index < -0.39 is 0 Å². The summed E-state index contributed by atoms with van der Waals surface area (Å²) in [4.78, 5) is 21.8. The molecule has 2 aliphatic heterocycles. The number of nitrogens with zero attached hydrogens (tertiary/aromatic N) is 3. The Balaban J connectivity index is 1.05. The van der Waals surface area contributed by atoms with Crippen LogP contribution >= 0.6 is 0 Å². The van der Waals surface area contributed by atoms with Gasteiger partial charge in [-0.15, -0.1) is 0 Å². The van der Waals surface area contributed by atoms with Gasteiger partial charge in [0.1, 0.15) is 5.82 Å². The van der Waals surface area contributed by atoms with Gasteiger partial charge < -0.3 is 16.0 Å². The van der Waals surface area contributed by atoms with Crippen LogP contribution in [-0.4, -0.2) is 59.0 Å². The standard InChI is InChI=1S/C26H37N5O/c27-25-17-19(7-12-28-25)18-30-13-8-21(9-14-30)26(32)31-15-10-22(11-16-31)29-24-6-5-20-3-1-2-4-23(20)24/h1-4,7,12,17,20-24,29H,5-6,8-11,13-16,18H2,(H2,27,28). The highest BCUT2D eigenvalue weighted by Gasteiger charge is 2.36. The van der Waals surface area contributed by atoms with Gasteiger partial charge in [0, 0.05) is 43.8 Å². The van der Waals surface area contributed by atoms with Crippen LogP contribution in [0.15, 0.2) is 42.6 Å². The minimum atomic E-state index is 0.188. The van der Waals surface area contributed by atoms with Crippen LogP contribution in [0, 0.1) is 17.8 Å². The largest absolute Gasteiger partial charge is 0.384 e. The van der Waals surface area contributed by atoms with Crippen LogP contribution in [0.2, 0.25) is 0 Å². The average Bonchev–Trinajstić information content (AvgIpc) is 3.22. The first kappa shape index (κ1) is 21.7. The molecule has 6 heteroatoms. The number of likely N-dealkylation sites (tertiary alicyclic amines) is 2. The summed E-state index contributed by atoms with van der Waals surface area (Å²) in [6.45, 7) is 4.65. The number of fused-ring (bicyclic) bond motifs is 1. The van der Waals surface area contributed by atoms with Gasteiger partial charge in [-0.2, -0.15) is 0 Å². The third-order valence-electron chi connectivity index (χ3n) is 8.02. The van der Waals surface area contributed by atoms with Gasteiger partial charge in [-0.05, 0) is 81.1 Å². The number of hydrogen-bond donors (Lipinski definition) is 2. The minimum absolute atomic E-state index is 0.188. The molecule has 0 spiro atoms. The van der Waals surface area contributed by atoms with Crippen molar-refractivity contribution in [2.75, 3.05) is 31.9 Å². The predicted molar refractivity (Wildman–Crippen MR) is 128 cm³/mol. The fourth-order valence-electron chi connectivity index (χ4n) is 6.17. The third kappa shape index (κ3) is 4.91. The van der Waals surface area contributed by atoms with Crippen molar-refractivity contribution >= 4 is 11.7 Å². The molecule has 1 aromatic heterocycles. The Hall–Kier alpha value is -2.18. The summed E-state index contributed by atoms with van der Waals surface area (Å²) in [5.41, 5.74) is 7.00. The van der Waals surface area contributed by atoms with Gasteiger partial charge >= 0.3 is 0 Å². The van der Waals surface area contributed by atoms with E-state index in [1.54, 1.807) is 6.20 Å². The molecule has 3 fully saturated rings. The summed E-state index contributed by atoms with van der Waals surface area (Å²) in [6.07, 6.45) is 17.6. The Morgan fingerprint density at radius 1 is 1.03 bits per heavy atom. The topological polar surface area (TPSA) is 74.5 Å². The number of pyridine rings is 1. The van der Waals surface area contributed by atoms with Crippen LogP contribution in [-0.2, 0) is 11.3 Å². The quantitative estimate of drug-likeness (QED) is 0.744. The third-order valence-corrected chi connectivity index (χ3v) is 8.02. The molecule has 1 saturated carbocycles. The Morgan fingerprint density at radius 2 is 1.81 bits per heavy atom. The average molecular weight is 436 g/mol. The minimum Gasteiger partial charge on any atom is -0.384 e. The van der Waals surface area contributed by atoms with Gasteiger partial charge in [-0.3, -0.25) is 9.69 Å². The Labute approximate surface area is 191 Å². The first-order chi connectivity index (χ1) is 15.7. The number of allylic oxidation sites excluding steroid dienone is 3. The summed E-state index contributed by atoms with van der Waals surface area (Å²) >= 11 is 0. The molecule has 1 amide bonds. The van der Waals surface area contributed by atoms with Gasteiger partial charge in [0.2, 0.25) is 5.91 Å². The number of aromatic nitrogens is 1. The van der Waals surface area contributed by atoms with Crippen LogP contribution in [0.25, 0.3) is 0 Å². The van der Waals surface area contributed by atoms with Crippen molar-refractivity contribution < 1.29 is 4.79 Å². The van der Waals surface area contributed by atoms with Gasteiger partial charge in [0.15, 0.2) is 0 Å². The second-order valence-electron chi connectivity index (χ2n) is 10.1. The molecule has 1 aromatic rings. The second kappa shape index (κ2) is 9.75. The molecule has 32 heavy (non-hydrogen) atoms. The molecule has 3 atom stereocenters. The lowest BCUT2D eigenvalue weighted by Crippen LogP contribution is -2.50. The number of rotatable bonds is 5. The van der Waals surface area contributed by atoms with Crippen LogP contribution in [0.3, 0.4) is 0 Å². The highest BCUT2D eigenvalue weighted by atomic mass is 16.2. The highest BCUT2D eigenvalue weighted by Crippen LogP contribution is 2.36. The summed E-state index contributed by atoms with van der Waals surface area (Å²) < 4.78 is 0. The van der Waals surface area contributed by atoms with E-state index in [0.29, 0.717) is 29.7 Å². The summed E-state index contributed by atoms with van der Waals surface area (Å²) in [6, 6.07) is 5.13. The monoisotopic (exact) mass is 435 g/mol. The van der Waals surface area contributed by atoms with E-state index in [9.17, 15) is 4.79 Å². The van der Waals surface area contributed by atoms with Crippen molar-refractivity contribution in [3.05, 3.63) is 48.2 Å². The molecule has 0 aromatic carbocycles. The Kier molecular flexibility index (Phi) is 6.60. The lowest BCUT2D eigenvalue weighted by Gasteiger charge is -2.38. The van der Waals surface area contributed by atoms with Crippen LogP contribution in [0.4, 0.5) is 5.82 Å². The van der Waals surface area contributed by atoms with Crippen LogP contribution < -0.4 is 11.1 Å². The fourth-order valence-corrected chi connectivity index (χ4v) is 6.17. The summed E-state index contributed by atoms with van der Waals surface area (Å²) in [5.74, 6) is 2.53. The summed E-state index contributed by atoms with van der Waals surface area (Å²) in [5, 5.41) is 3.95. The van der Waals surface area contributed by atoms with Gasteiger partial charge in [0.25, 0.3) is 0 Å². The molecule has 2 aliphatic carbocycles. The molecule has 2 saturated heterocycles. The number of amides is 1. The maximum atomic E-state index is 13.1. The van der Waals surface area contributed by atoms with Crippen molar-refractivity contribution in [1.82, 2.24) is 20.1 Å². The number of piperidine rings is 2. The predicted octanol–water partition coefficient (Wildman–Crippen LogP) is 2.98. The Bertz CT molecular complexity index is 852. The van der Waals surface area contributed by atoms with Crippen molar-refractivity contribution in [3.63, 3.8) is 0 Å². The van der Waals surface area contributed by atoms with Crippen molar-refractivity contribution in [2.45, 2.75) is 57.2 Å². The van der Waals surface area contributed by atoms with Crippen molar-refractivity contribution in [2.24, 2.45) is 17.8 Å². The molecule has 172 valence electrons. The zero-order valence-corrected chi connectivity index (χ0v) is 19.0. The maximum Gasteiger partial charge on any atom is 0.225 e. The van der Waals surface area contributed by atoms with E-state index in [1.165, 1.54) is 18.4 Å². The smallest absolute Gasteiger partial charge is 0.225 e. The Morgan fingerprint density at radius 3 is 2.59 bits per heavy atom. The first-order valence-electron chi connectivity index (χ1n) is 12.5. The van der Waals surface area contributed by atoms with E-state index in [-0.39, 0.29) is 5.92 Å². The number of nitrogens with two attached hydrogens (primary N) is 1. The number of carbonyl (C=O) groups is 1. The summed E-state index contributed by atoms with van der Waals surface area (Å²) in [7, 11) is 0. The fraction of sp³-hybridized carbons (Fsp3) is 0.615. The van der Waals surface area contributed by atoms with E-state index in [4.69, 9.17) is 5.73 Å². The normalized spacial score (nSPS) is 29.4. The maximum absolute atomic E-state index is 13.1. The molecule has 0 radical (unpaired) electrons. The number of carbonyl (C=O) groups excluding carboxylic acids is 1. The number of hydrogen-bond acceptors (Lipinski definition) is 5. The van der Waals surface area contributed by atoms with E-state index in [0.717, 1.165) is 64.3 Å². The highest BCUT2D eigenvalue weighted by molar-refractivity contribution is 5.79. The van der Waals surface area contributed by atoms with E-state index in [2.05, 4.69) is 44.4 Å². The molecular formula is C26H37N5O. The van der Waals surface area contributed by atoms with Gasteiger partial charge in [-0.1, -0.05) is 24.3 Å². The molecule has 0 bridgehead atoms. The second-order valence-corrected chi connectivity index (χ2v) is 10.1. The molecule has 6 nitrogen and oxygen atoms in total. The zero-order valence-electron chi connectivity index (χ0n) is 19.0. The lowest BCUT2D eigenvalue weighted by atomic mass is 9.89. The van der Waals surface area contributed by atoms with Crippen molar-refractivity contribution in [3.8, 4) is 0 Å². The lowest BCUT2D eigenvalue weighted by molar-refractivity contribution is -0.138. The van der Waals surface area contributed by atoms with Crippen molar-refractivity contribution in [1.29, 1.82) is 0 Å². The first-order valence-corrected chi connectivity index (χ1v) is 12.5. The molecule has 5 rings (SSSR count).